The minimum Gasteiger partial charge on any atom is -0.243 e. The minimum absolute atomic E-state index is 0.589. The quantitative estimate of drug-likeness (QED) is 0.487. The van der Waals surface area contributed by atoms with E-state index in [9.17, 15) is 0 Å². The molecule has 0 aliphatic heterocycles. The Labute approximate surface area is 62.6 Å². The number of hydrogen-bond acceptors (Lipinski definition) is 0. The largest absolute Gasteiger partial charge is 0.243 e. The lowest BCUT2D eigenvalue weighted by molar-refractivity contribution is 0.725. The van der Waals surface area contributed by atoms with E-state index in [1.54, 1.807) is 0 Å². The number of allylic oxidation sites excluding steroid dienone is 2. The highest BCUT2D eigenvalue weighted by molar-refractivity contribution is 5.25. The first-order chi connectivity index (χ1) is 4.75. The predicted octanol–water partition coefficient (Wildman–Crippen LogP) is 3.00. The van der Waals surface area contributed by atoms with Crippen molar-refractivity contribution in [1.82, 2.24) is 0 Å². The predicted molar refractivity (Wildman–Crippen MR) is 42.3 cm³/mol. The molecule has 0 bridgehead atoms. The summed E-state index contributed by atoms with van der Waals surface area (Å²) in [5.74, 6) is 0.589. The van der Waals surface area contributed by atoms with E-state index in [0.717, 1.165) is 18.5 Å². The Morgan fingerprint density at radius 1 is 1.40 bits per heavy atom. The maximum Gasteiger partial charge on any atom is 0.165 e. The van der Waals surface area contributed by atoms with Gasteiger partial charge in [-0.25, -0.2) is 4.85 Å². The monoisotopic (exact) mass is 135 g/mol. The van der Waals surface area contributed by atoms with Gasteiger partial charge < -0.3 is 0 Å². The molecule has 0 aromatic rings. The van der Waals surface area contributed by atoms with Crippen molar-refractivity contribution in [2.24, 2.45) is 5.92 Å². The second kappa shape index (κ2) is 2.88. The summed E-state index contributed by atoms with van der Waals surface area (Å²) < 4.78 is 0. The van der Waals surface area contributed by atoms with Crippen LogP contribution in [0.15, 0.2) is 11.3 Å². The van der Waals surface area contributed by atoms with Crippen LogP contribution in [0.2, 0.25) is 0 Å². The molecule has 54 valence electrons. The highest BCUT2D eigenvalue weighted by atomic mass is 14.7. The maximum atomic E-state index is 6.89. The van der Waals surface area contributed by atoms with Gasteiger partial charge in [-0.1, -0.05) is 25.8 Å². The second-order valence-electron chi connectivity index (χ2n) is 3.09. The Kier molecular flexibility index (Phi) is 2.11. The summed E-state index contributed by atoms with van der Waals surface area (Å²) in [5.41, 5.74) is 2.44. The summed E-state index contributed by atoms with van der Waals surface area (Å²) >= 11 is 0. The highest BCUT2D eigenvalue weighted by Crippen LogP contribution is 2.31. The lowest BCUT2D eigenvalue weighted by Crippen LogP contribution is -1.90. The zero-order valence-electron chi connectivity index (χ0n) is 6.65. The van der Waals surface area contributed by atoms with Crippen LogP contribution in [-0.2, 0) is 0 Å². The van der Waals surface area contributed by atoms with Gasteiger partial charge in [0.25, 0.3) is 0 Å². The summed E-state index contributed by atoms with van der Waals surface area (Å²) in [6.45, 7) is 11.2. The molecule has 0 saturated carbocycles. The Bertz CT molecular complexity index is 193. The van der Waals surface area contributed by atoms with Crippen LogP contribution >= 0.6 is 0 Å². The summed E-state index contributed by atoms with van der Waals surface area (Å²) in [7, 11) is 0. The third-order valence-electron chi connectivity index (χ3n) is 2.06. The fraction of sp³-hybridized carbons (Fsp3) is 0.667. The fourth-order valence-electron chi connectivity index (χ4n) is 1.50. The molecule has 1 nitrogen and oxygen atoms in total. The summed E-state index contributed by atoms with van der Waals surface area (Å²) in [6.07, 6.45) is 3.39. The Morgan fingerprint density at radius 2 is 2.10 bits per heavy atom. The van der Waals surface area contributed by atoms with Crippen molar-refractivity contribution < 1.29 is 0 Å². The van der Waals surface area contributed by atoms with Crippen molar-refractivity contribution >= 4 is 0 Å². The number of nitrogens with zero attached hydrogens (tertiary/aromatic N) is 1. The molecule has 0 radical (unpaired) electrons. The van der Waals surface area contributed by atoms with Gasteiger partial charge in [0.2, 0.25) is 0 Å². The molecule has 0 heterocycles. The molecule has 0 unspecified atom stereocenters. The Hall–Kier alpha value is -0.770. The first-order valence-corrected chi connectivity index (χ1v) is 3.85. The van der Waals surface area contributed by atoms with E-state index in [1.807, 2.05) is 0 Å². The summed E-state index contributed by atoms with van der Waals surface area (Å²) in [4.78, 5) is 3.52. The smallest absolute Gasteiger partial charge is 0.165 e. The van der Waals surface area contributed by atoms with Crippen LogP contribution in [0, 0.1) is 12.5 Å². The van der Waals surface area contributed by atoms with Gasteiger partial charge in [-0.15, -0.1) is 0 Å². The van der Waals surface area contributed by atoms with E-state index in [-0.39, 0.29) is 0 Å². The first-order valence-electron chi connectivity index (χ1n) is 3.85. The average Bonchev–Trinajstić information content (AvgIpc) is 2.33. The van der Waals surface area contributed by atoms with Crippen LogP contribution in [0.4, 0.5) is 0 Å². The molecule has 1 heteroatoms. The van der Waals surface area contributed by atoms with Gasteiger partial charge in [0.1, 0.15) is 0 Å². The van der Waals surface area contributed by atoms with E-state index in [1.165, 1.54) is 12.0 Å². The van der Waals surface area contributed by atoms with Crippen molar-refractivity contribution in [2.45, 2.75) is 33.1 Å². The van der Waals surface area contributed by atoms with E-state index < -0.39 is 0 Å². The van der Waals surface area contributed by atoms with Gasteiger partial charge in [-0.2, -0.15) is 0 Å². The zero-order valence-corrected chi connectivity index (χ0v) is 6.65. The van der Waals surface area contributed by atoms with Crippen LogP contribution in [0.1, 0.15) is 33.1 Å². The molecular formula is C9H13N. The van der Waals surface area contributed by atoms with Crippen molar-refractivity contribution in [3.63, 3.8) is 0 Å². The minimum atomic E-state index is 0.589. The SMILES string of the molecule is [C-]#[N+]C1=C(C(C)C)CCC1. The van der Waals surface area contributed by atoms with Crippen molar-refractivity contribution in [1.29, 1.82) is 0 Å². The molecule has 0 aromatic heterocycles. The fourth-order valence-corrected chi connectivity index (χ4v) is 1.50. The van der Waals surface area contributed by atoms with Gasteiger partial charge >= 0.3 is 0 Å². The highest BCUT2D eigenvalue weighted by Gasteiger charge is 2.16. The van der Waals surface area contributed by atoms with Gasteiger partial charge in [0.15, 0.2) is 5.70 Å². The van der Waals surface area contributed by atoms with E-state index in [2.05, 4.69) is 18.7 Å². The third-order valence-corrected chi connectivity index (χ3v) is 2.06. The third kappa shape index (κ3) is 1.21. The van der Waals surface area contributed by atoms with Gasteiger partial charge in [0.05, 0.1) is 6.57 Å². The molecule has 0 N–H and O–H groups in total. The van der Waals surface area contributed by atoms with Gasteiger partial charge in [-0.3, -0.25) is 0 Å². The molecular weight excluding hydrogens is 122 g/mol. The molecule has 0 amide bonds. The van der Waals surface area contributed by atoms with E-state index in [0.29, 0.717) is 5.92 Å². The summed E-state index contributed by atoms with van der Waals surface area (Å²) in [6, 6.07) is 0. The van der Waals surface area contributed by atoms with E-state index >= 15 is 0 Å². The lowest BCUT2D eigenvalue weighted by Gasteiger charge is -2.05. The molecule has 0 saturated heterocycles. The molecule has 0 aromatic carbocycles. The number of hydrogen-bond donors (Lipinski definition) is 0. The molecule has 0 atom stereocenters. The molecule has 1 aliphatic carbocycles. The lowest BCUT2D eigenvalue weighted by atomic mass is 10.0. The maximum absolute atomic E-state index is 6.89. The second-order valence-corrected chi connectivity index (χ2v) is 3.09. The Morgan fingerprint density at radius 3 is 2.50 bits per heavy atom. The standard InChI is InChI=1S/C9H13N/c1-7(2)8-5-4-6-9(8)10-3/h7H,4-6H2,1-2H3. The van der Waals surface area contributed by atoms with Crippen LogP contribution in [0.5, 0.6) is 0 Å². The normalized spacial score (nSPS) is 18.2. The molecule has 1 rings (SSSR count). The van der Waals surface area contributed by atoms with Crippen LogP contribution in [0.3, 0.4) is 0 Å². The molecule has 0 fully saturated rings. The summed E-state index contributed by atoms with van der Waals surface area (Å²) in [5, 5.41) is 0. The van der Waals surface area contributed by atoms with Gasteiger partial charge in [0, 0.05) is 0 Å². The Balaban J connectivity index is 2.81. The topological polar surface area (TPSA) is 4.36 Å². The van der Waals surface area contributed by atoms with Crippen LogP contribution in [0.25, 0.3) is 4.85 Å². The van der Waals surface area contributed by atoms with Crippen molar-refractivity contribution in [3.05, 3.63) is 22.7 Å². The van der Waals surface area contributed by atoms with E-state index in [4.69, 9.17) is 6.57 Å². The average molecular weight is 135 g/mol. The molecule has 10 heavy (non-hydrogen) atoms. The van der Waals surface area contributed by atoms with Crippen LogP contribution < -0.4 is 0 Å². The van der Waals surface area contributed by atoms with Crippen LogP contribution in [-0.4, -0.2) is 0 Å². The van der Waals surface area contributed by atoms with Crippen molar-refractivity contribution in [3.8, 4) is 0 Å². The first kappa shape index (κ1) is 7.34. The number of rotatable bonds is 1. The zero-order chi connectivity index (χ0) is 7.56. The van der Waals surface area contributed by atoms with Crippen molar-refractivity contribution in [2.75, 3.05) is 0 Å². The van der Waals surface area contributed by atoms with Gasteiger partial charge in [-0.05, 0) is 18.8 Å². The molecule has 1 aliphatic rings. The molecule has 0 spiro atoms.